The molecule has 1 N–H and O–H groups in total. The van der Waals surface area contributed by atoms with Crippen LogP contribution in [0.2, 0.25) is 0 Å². The molecule has 0 saturated carbocycles. The highest BCUT2D eigenvalue weighted by Crippen LogP contribution is 2.26. The molecule has 0 bridgehead atoms. The van der Waals surface area contributed by atoms with Gasteiger partial charge in [0.15, 0.2) is 5.17 Å². The van der Waals surface area contributed by atoms with Crippen LogP contribution in [-0.4, -0.2) is 21.9 Å². The van der Waals surface area contributed by atoms with Crippen molar-refractivity contribution < 1.29 is 0 Å². The second kappa shape index (κ2) is 4.99. The van der Waals surface area contributed by atoms with Crippen LogP contribution in [0.5, 0.6) is 0 Å². The van der Waals surface area contributed by atoms with Crippen molar-refractivity contribution >= 4 is 28.3 Å². The van der Waals surface area contributed by atoms with Gasteiger partial charge < -0.3 is 5.32 Å². The fraction of sp³-hybridized carbons (Fsp3) is 0.600. The molecule has 5 heteroatoms. The van der Waals surface area contributed by atoms with E-state index < -0.39 is 0 Å². The van der Waals surface area contributed by atoms with E-state index in [1.165, 1.54) is 4.88 Å². The molecule has 2 heterocycles. The minimum atomic E-state index is 0.647. The van der Waals surface area contributed by atoms with E-state index in [1.807, 2.05) is 23.5 Å². The van der Waals surface area contributed by atoms with Crippen LogP contribution >= 0.6 is 23.1 Å². The minimum absolute atomic E-state index is 0.647. The highest BCUT2D eigenvalue weighted by atomic mass is 32.2. The van der Waals surface area contributed by atoms with Crippen LogP contribution in [0.1, 0.15) is 18.7 Å². The van der Waals surface area contributed by atoms with Gasteiger partial charge in [-0.25, -0.2) is 0 Å². The quantitative estimate of drug-likeness (QED) is 0.882. The normalized spacial score (nSPS) is 20.7. The van der Waals surface area contributed by atoms with E-state index in [0.29, 0.717) is 11.2 Å². The molecule has 1 atom stereocenters. The summed E-state index contributed by atoms with van der Waals surface area (Å²) >= 11 is 3.54. The molecular formula is C10H15N3S2. The van der Waals surface area contributed by atoms with Crippen molar-refractivity contribution in [1.82, 2.24) is 10.3 Å². The van der Waals surface area contributed by atoms with E-state index in [0.717, 1.165) is 18.3 Å². The third kappa shape index (κ3) is 2.95. The largest absolute Gasteiger partial charge is 0.360 e. The molecule has 0 amide bonds. The van der Waals surface area contributed by atoms with Gasteiger partial charge in [0.25, 0.3) is 0 Å². The summed E-state index contributed by atoms with van der Waals surface area (Å²) in [4.78, 5) is 9.79. The van der Waals surface area contributed by atoms with E-state index in [9.17, 15) is 0 Å². The second-order valence-electron chi connectivity index (χ2n) is 3.87. The lowest BCUT2D eigenvalue weighted by atomic mass is 10.1. The van der Waals surface area contributed by atoms with Crippen molar-refractivity contribution in [1.29, 1.82) is 0 Å². The monoisotopic (exact) mass is 241 g/mol. The van der Waals surface area contributed by atoms with Crippen molar-refractivity contribution in [2.45, 2.75) is 25.6 Å². The first kappa shape index (κ1) is 11.0. The van der Waals surface area contributed by atoms with Gasteiger partial charge in [0, 0.05) is 16.3 Å². The summed E-state index contributed by atoms with van der Waals surface area (Å²) < 4.78 is 0. The number of hydrogen-bond donors (Lipinski definition) is 1. The van der Waals surface area contributed by atoms with Crippen molar-refractivity contribution in [3.8, 4) is 0 Å². The molecule has 2 rings (SSSR count). The van der Waals surface area contributed by atoms with Crippen LogP contribution in [-0.2, 0) is 6.54 Å². The van der Waals surface area contributed by atoms with Crippen LogP contribution in [0.4, 0.5) is 0 Å². The van der Waals surface area contributed by atoms with Crippen LogP contribution in [0.25, 0.3) is 0 Å². The van der Waals surface area contributed by atoms with E-state index in [2.05, 4.69) is 29.1 Å². The Kier molecular flexibility index (Phi) is 3.64. The maximum absolute atomic E-state index is 4.49. The molecule has 0 spiro atoms. The maximum atomic E-state index is 4.49. The van der Waals surface area contributed by atoms with E-state index >= 15 is 0 Å². The Balaban J connectivity index is 1.78. The number of aromatic nitrogens is 1. The van der Waals surface area contributed by atoms with Gasteiger partial charge in [0.1, 0.15) is 0 Å². The average molecular weight is 241 g/mol. The molecule has 1 aromatic heterocycles. The third-order valence-corrected chi connectivity index (χ3v) is 4.59. The minimum Gasteiger partial charge on any atom is -0.360 e. The number of rotatable bonds is 3. The summed E-state index contributed by atoms with van der Waals surface area (Å²) in [7, 11) is 0. The average Bonchev–Trinajstić information content (AvgIpc) is 2.86. The summed E-state index contributed by atoms with van der Waals surface area (Å²) in [5.41, 5.74) is 1.86. The molecule has 0 aliphatic carbocycles. The van der Waals surface area contributed by atoms with Crippen LogP contribution in [0, 0.1) is 5.92 Å². The van der Waals surface area contributed by atoms with Gasteiger partial charge in [-0.1, -0.05) is 25.6 Å². The molecular weight excluding hydrogens is 226 g/mol. The topological polar surface area (TPSA) is 37.3 Å². The zero-order valence-electron chi connectivity index (χ0n) is 8.93. The van der Waals surface area contributed by atoms with Crippen molar-refractivity contribution in [3.05, 3.63) is 16.6 Å². The van der Waals surface area contributed by atoms with Crippen LogP contribution < -0.4 is 5.32 Å². The summed E-state index contributed by atoms with van der Waals surface area (Å²) in [6, 6.07) is 0. The molecule has 15 heavy (non-hydrogen) atoms. The summed E-state index contributed by atoms with van der Waals surface area (Å²) in [5, 5.41) is 5.08. The number of nitrogens with zero attached hydrogens (tertiary/aromatic N) is 2. The number of amidine groups is 1. The smallest absolute Gasteiger partial charge is 0.157 e. The molecule has 82 valence electrons. The Bertz CT molecular complexity index is 332. The Morgan fingerprint density at radius 1 is 1.60 bits per heavy atom. The first-order chi connectivity index (χ1) is 7.25. The van der Waals surface area contributed by atoms with Gasteiger partial charge in [0.2, 0.25) is 0 Å². The number of nitrogens with one attached hydrogen (secondary N) is 1. The molecule has 3 nitrogen and oxygen atoms in total. The molecule has 0 radical (unpaired) electrons. The second-order valence-corrected chi connectivity index (χ2v) is 6.07. The number of hydrogen-bond acceptors (Lipinski definition) is 5. The van der Waals surface area contributed by atoms with E-state index in [4.69, 9.17) is 0 Å². The third-order valence-electron chi connectivity index (χ3n) is 2.32. The van der Waals surface area contributed by atoms with Crippen LogP contribution in [0.15, 0.2) is 16.7 Å². The highest BCUT2D eigenvalue weighted by Gasteiger charge is 2.22. The van der Waals surface area contributed by atoms with Gasteiger partial charge in [-0.15, -0.1) is 11.3 Å². The van der Waals surface area contributed by atoms with Gasteiger partial charge in [-0.2, -0.15) is 0 Å². The van der Waals surface area contributed by atoms with Gasteiger partial charge in [-0.05, 0) is 5.92 Å². The maximum Gasteiger partial charge on any atom is 0.157 e. The molecule has 1 unspecified atom stereocenters. The Labute approximate surface area is 98.4 Å². The zero-order chi connectivity index (χ0) is 10.7. The van der Waals surface area contributed by atoms with Gasteiger partial charge >= 0.3 is 0 Å². The Morgan fingerprint density at radius 3 is 3.07 bits per heavy atom. The number of thiazole rings is 1. The summed E-state index contributed by atoms with van der Waals surface area (Å²) in [6.45, 7) is 6.30. The van der Waals surface area contributed by atoms with Gasteiger partial charge in [-0.3, -0.25) is 9.98 Å². The number of thioether (sulfide) groups is 1. The predicted molar refractivity (Wildman–Crippen MR) is 67.5 cm³/mol. The van der Waals surface area contributed by atoms with Crippen molar-refractivity contribution in [3.63, 3.8) is 0 Å². The van der Waals surface area contributed by atoms with E-state index in [-0.39, 0.29) is 0 Å². The van der Waals surface area contributed by atoms with E-state index in [1.54, 1.807) is 11.3 Å². The molecule has 0 saturated heterocycles. The first-order valence-corrected chi connectivity index (χ1v) is 6.84. The van der Waals surface area contributed by atoms with Crippen LogP contribution in [0.3, 0.4) is 0 Å². The number of aliphatic imine (C=N–C) groups is 1. The molecule has 0 aromatic carbocycles. The predicted octanol–water partition coefficient (Wildman–Crippen LogP) is 2.36. The zero-order valence-corrected chi connectivity index (χ0v) is 10.6. The summed E-state index contributed by atoms with van der Waals surface area (Å²) in [6.07, 6.45) is 1.90. The molecule has 0 fully saturated rings. The molecule has 1 aliphatic heterocycles. The van der Waals surface area contributed by atoms with Crippen molar-refractivity contribution in [2.24, 2.45) is 10.9 Å². The fourth-order valence-corrected chi connectivity index (χ4v) is 2.87. The molecule has 1 aliphatic rings. The fourth-order valence-electron chi connectivity index (χ4n) is 1.33. The molecule has 1 aromatic rings. The Hall–Kier alpha value is -0.550. The Morgan fingerprint density at radius 2 is 2.47 bits per heavy atom. The SMILES string of the molecule is CC(C)C1CN=C(NCc2cncs2)S1. The lowest BCUT2D eigenvalue weighted by Crippen LogP contribution is -2.19. The van der Waals surface area contributed by atoms with Crippen molar-refractivity contribution in [2.75, 3.05) is 6.54 Å². The summed E-state index contributed by atoms with van der Waals surface area (Å²) in [5.74, 6) is 0.696. The first-order valence-electron chi connectivity index (χ1n) is 5.08. The lowest BCUT2D eigenvalue weighted by Gasteiger charge is -2.11. The lowest BCUT2D eigenvalue weighted by molar-refractivity contribution is 0.621. The standard InChI is InChI=1S/C10H15N3S2/c1-7(2)9-5-13-10(15-9)12-4-8-3-11-6-14-8/h3,6-7,9H,4-5H2,1-2H3,(H,12,13). The van der Waals surface area contributed by atoms with Gasteiger partial charge in [0.05, 0.1) is 18.6 Å². The highest BCUT2D eigenvalue weighted by molar-refractivity contribution is 8.14.